The molecule has 3 nitrogen and oxygen atoms in total. The maximum Gasteiger partial charge on any atom is 0.185 e. The van der Waals surface area contributed by atoms with Gasteiger partial charge in [0.1, 0.15) is 0 Å². The predicted octanol–water partition coefficient (Wildman–Crippen LogP) is 4.15. The number of nitrogens with one attached hydrogen (secondary N) is 1. The van der Waals surface area contributed by atoms with Gasteiger partial charge in [-0.3, -0.25) is 0 Å². The smallest absolute Gasteiger partial charge is 0.185 e. The molecule has 0 aliphatic heterocycles. The van der Waals surface area contributed by atoms with Crippen molar-refractivity contribution in [1.82, 2.24) is 10.3 Å². The van der Waals surface area contributed by atoms with Crippen LogP contribution in [0, 0.1) is 11.8 Å². The monoisotopic (exact) mass is 297 g/mol. The molecule has 0 saturated heterocycles. The number of aromatic nitrogens is 1. The molecule has 4 heteroatoms. The lowest BCUT2D eigenvalue weighted by atomic mass is 10.0. The van der Waals surface area contributed by atoms with Crippen molar-refractivity contribution in [2.45, 2.75) is 54.0 Å². The van der Waals surface area contributed by atoms with E-state index < -0.39 is 0 Å². The fourth-order valence-corrected chi connectivity index (χ4v) is 3.16. The largest absolute Gasteiger partial charge is 0.348 e. The van der Waals surface area contributed by atoms with Crippen LogP contribution in [-0.4, -0.2) is 24.6 Å². The molecule has 116 valence electrons. The minimum atomic E-state index is 0.699. The number of hydrogen-bond donors (Lipinski definition) is 1. The van der Waals surface area contributed by atoms with Crippen LogP contribution in [0.25, 0.3) is 0 Å². The summed E-state index contributed by atoms with van der Waals surface area (Å²) < 4.78 is 0. The molecular formula is C16H31N3S. The van der Waals surface area contributed by atoms with Crippen LogP contribution in [-0.2, 0) is 6.54 Å². The Morgan fingerprint density at radius 2 is 1.95 bits per heavy atom. The summed E-state index contributed by atoms with van der Waals surface area (Å²) in [5, 5.41) is 4.67. The van der Waals surface area contributed by atoms with E-state index in [1.165, 1.54) is 22.9 Å². The fourth-order valence-electron chi connectivity index (χ4n) is 2.21. The van der Waals surface area contributed by atoms with Gasteiger partial charge < -0.3 is 10.2 Å². The van der Waals surface area contributed by atoms with Gasteiger partial charge in [-0.15, -0.1) is 11.3 Å². The molecule has 0 aromatic carbocycles. The van der Waals surface area contributed by atoms with Crippen molar-refractivity contribution in [2.75, 3.05) is 24.5 Å². The molecule has 0 radical (unpaired) electrons. The molecule has 0 bridgehead atoms. The van der Waals surface area contributed by atoms with Gasteiger partial charge in [-0.25, -0.2) is 4.98 Å². The highest BCUT2D eigenvalue weighted by atomic mass is 32.1. The van der Waals surface area contributed by atoms with Crippen molar-refractivity contribution in [3.63, 3.8) is 0 Å². The van der Waals surface area contributed by atoms with Crippen molar-refractivity contribution in [3.8, 4) is 0 Å². The van der Waals surface area contributed by atoms with Crippen LogP contribution in [0.3, 0.4) is 0 Å². The predicted molar refractivity (Wildman–Crippen MR) is 90.6 cm³/mol. The maximum atomic E-state index is 4.61. The van der Waals surface area contributed by atoms with E-state index in [1.54, 1.807) is 0 Å². The lowest BCUT2D eigenvalue weighted by Crippen LogP contribution is -2.28. The Morgan fingerprint density at radius 1 is 1.25 bits per heavy atom. The van der Waals surface area contributed by atoms with Crippen LogP contribution in [0.4, 0.5) is 5.13 Å². The highest BCUT2D eigenvalue weighted by Gasteiger charge is 2.13. The summed E-state index contributed by atoms with van der Waals surface area (Å²) in [6.07, 6.45) is 4.53. The van der Waals surface area contributed by atoms with Gasteiger partial charge >= 0.3 is 0 Å². The second kappa shape index (κ2) is 9.35. The van der Waals surface area contributed by atoms with E-state index >= 15 is 0 Å². The number of anilines is 1. The quantitative estimate of drug-likeness (QED) is 0.703. The number of rotatable bonds is 10. The van der Waals surface area contributed by atoms with Gasteiger partial charge in [-0.05, 0) is 25.3 Å². The van der Waals surface area contributed by atoms with Crippen molar-refractivity contribution in [2.24, 2.45) is 11.8 Å². The summed E-state index contributed by atoms with van der Waals surface area (Å²) in [5.41, 5.74) is 0. The Morgan fingerprint density at radius 3 is 2.50 bits per heavy atom. The van der Waals surface area contributed by atoms with Crippen LogP contribution in [0.5, 0.6) is 0 Å². The summed E-state index contributed by atoms with van der Waals surface area (Å²) in [6, 6.07) is 0. The van der Waals surface area contributed by atoms with E-state index in [-0.39, 0.29) is 0 Å². The number of thiazole rings is 1. The summed E-state index contributed by atoms with van der Waals surface area (Å²) in [4.78, 5) is 8.37. The molecular weight excluding hydrogens is 266 g/mol. The second-order valence-electron chi connectivity index (χ2n) is 5.86. The average Bonchev–Trinajstić information content (AvgIpc) is 2.88. The van der Waals surface area contributed by atoms with Gasteiger partial charge in [0.15, 0.2) is 5.13 Å². The molecule has 0 fully saturated rings. The minimum absolute atomic E-state index is 0.699. The summed E-state index contributed by atoms with van der Waals surface area (Å²) in [5.74, 6) is 1.48. The Kier molecular flexibility index (Phi) is 8.15. The first-order valence-corrected chi connectivity index (χ1v) is 8.82. The van der Waals surface area contributed by atoms with E-state index in [1.807, 2.05) is 17.5 Å². The Balaban J connectivity index is 2.54. The second-order valence-corrected chi connectivity index (χ2v) is 6.95. The number of nitrogens with zero attached hydrogens (tertiary/aromatic N) is 2. The van der Waals surface area contributed by atoms with Crippen molar-refractivity contribution in [1.29, 1.82) is 0 Å². The van der Waals surface area contributed by atoms with Crippen LogP contribution in [0.2, 0.25) is 0 Å². The first-order valence-electron chi connectivity index (χ1n) is 8.00. The Bertz CT molecular complexity index is 358. The fraction of sp³-hybridized carbons (Fsp3) is 0.812. The first-order chi connectivity index (χ1) is 9.60. The molecule has 1 aromatic heterocycles. The third-order valence-corrected chi connectivity index (χ3v) is 4.74. The zero-order valence-electron chi connectivity index (χ0n) is 13.8. The molecule has 0 atom stereocenters. The van der Waals surface area contributed by atoms with Crippen LogP contribution in [0.1, 0.15) is 52.3 Å². The normalized spacial score (nSPS) is 11.6. The van der Waals surface area contributed by atoms with E-state index in [9.17, 15) is 0 Å². The van der Waals surface area contributed by atoms with Crippen LogP contribution < -0.4 is 10.2 Å². The number of hydrogen-bond acceptors (Lipinski definition) is 4. The van der Waals surface area contributed by atoms with Crippen LogP contribution in [0.15, 0.2) is 6.20 Å². The summed E-state index contributed by atoms with van der Waals surface area (Å²) >= 11 is 1.83. The van der Waals surface area contributed by atoms with Crippen LogP contribution >= 0.6 is 11.3 Å². The van der Waals surface area contributed by atoms with Gasteiger partial charge in [0.2, 0.25) is 0 Å². The molecule has 0 unspecified atom stereocenters. The summed E-state index contributed by atoms with van der Waals surface area (Å²) in [7, 11) is 0. The van der Waals surface area contributed by atoms with E-state index in [0.29, 0.717) is 5.92 Å². The highest BCUT2D eigenvalue weighted by molar-refractivity contribution is 7.15. The molecule has 1 aromatic rings. The molecule has 0 spiro atoms. The SMILES string of the molecule is CCC(CC)CN(CC)c1ncc(CNCC(C)C)s1. The molecule has 0 saturated carbocycles. The molecule has 1 N–H and O–H groups in total. The molecule has 1 rings (SSSR count). The molecule has 1 heterocycles. The molecule has 0 aliphatic rings. The third-order valence-electron chi connectivity index (χ3n) is 3.68. The zero-order chi connectivity index (χ0) is 15.0. The van der Waals surface area contributed by atoms with Gasteiger partial charge in [-0.2, -0.15) is 0 Å². The first kappa shape index (κ1) is 17.4. The molecule has 0 amide bonds. The van der Waals surface area contributed by atoms with Gasteiger partial charge in [0, 0.05) is 30.7 Å². The summed E-state index contributed by atoms with van der Waals surface area (Å²) in [6.45, 7) is 15.4. The zero-order valence-corrected chi connectivity index (χ0v) is 14.6. The Hall–Kier alpha value is -0.610. The Labute approximate surface area is 128 Å². The third kappa shape index (κ3) is 5.80. The minimum Gasteiger partial charge on any atom is -0.348 e. The van der Waals surface area contributed by atoms with E-state index in [0.717, 1.165) is 32.1 Å². The topological polar surface area (TPSA) is 28.2 Å². The van der Waals surface area contributed by atoms with Gasteiger partial charge in [-0.1, -0.05) is 40.5 Å². The highest BCUT2D eigenvalue weighted by Crippen LogP contribution is 2.24. The van der Waals surface area contributed by atoms with Gasteiger partial charge in [0.05, 0.1) is 0 Å². The van der Waals surface area contributed by atoms with Gasteiger partial charge in [0.25, 0.3) is 0 Å². The lowest BCUT2D eigenvalue weighted by Gasteiger charge is -2.24. The standard InChI is InChI=1S/C16H31N3S/c1-6-14(7-2)12-19(8-3)16-18-11-15(20-16)10-17-9-13(4)5/h11,13-14,17H,6-10,12H2,1-5H3. The molecule has 20 heavy (non-hydrogen) atoms. The van der Waals surface area contributed by atoms with E-state index in [2.05, 4.69) is 49.8 Å². The molecule has 0 aliphatic carbocycles. The van der Waals surface area contributed by atoms with Crippen molar-refractivity contribution >= 4 is 16.5 Å². The average molecular weight is 298 g/mol. The van der Waals surface area contributed by atoms with Crippen molar-refractivity contribution < 1.29 is 0 Å². The van der Waals surface area contributed by atoms with E-state index in [4.69, 9.17) is 0 Å². The maximum absolute atomic E-state index is 4.61. The lowest BCUT2D eigenvalue weighted by molar-refractivity contribution is 0.486. The van der Waals surface area contributed by atoms with Crippen molar-refractivity contribution in [3.05, 3.63) is 11.1 Å².